The number of carbonyl (C=O) groups is 2. The summed E-state index contributed by atoms with van der Waals surface area (Å²) in [7, 11) is 0. The summed E-state index contributed by atoms with van der Waals surface area (Å²) in [5.74, 6) is -1.09. The number of amides is 2. The van der Waals surface area contributed by atoms with Crippen molar-refractivity contribution in [3.8, 4) is 0 Å². The van der Waals surface area contributed by atoms with Crippen LogP contribution in [0.4, 0.5) is 43.4 Å². The van der Waals surface area contributed by atoms with Crippen molar-refractivity contribution in [1.82, 2.24) is 9.97 Å². The van der Waals surface area contributed by atoms with Crippen molar-refractivity contribution in [2.75, 3.05) is 16.4 Å². The van der Waals surface area contributed by atoms with E-state index in [1.165, 1.54) is 24.4 Å². The molecule has 0 saturated heterocycles. The standard InChI is InChI=1S/C23H19F6N5O2/c24-22(25,26)14-5-7-17(16(30)10-14)34-21(36)18-8-6-15(12-31-18)33-20(35)3-1-2-13-4-9-19(32-11-13)23(27,28)29/h4-12H,1-3,30H2,(H,33,35)(H,34,36). The molecule has 0 aliphatic heterocycles. The number of pyridine rings is 2. The highest BCUT2D eigenvalue weighted by Crippen LogP contribution is 2.33. The van der Waals surface area contributed by atoms with Gasteiger partial charge in [0.2, 0.25) is 5.91 Å². The summed E-state index contributed by atoms with van der Waals surface area (Å²) in [5, 5.41) is 4.95. The summed E-state index contributed by atoms with van der Waals surface area (Å²) in [6, 6.07) is 7.42. The Bertz CT molecular complexity index is 1230. The number of anilines is 3. The molecule has 0 radical (unpaired) electrons. The van der Waals surface area contributed by atoms with E-state index in [2.05, 4.69) is 20.6 Å². The van der Waals surface area contributed by atoms with E-state index in [0.717, 1.165) is 24.4 Å². The zero-order valence-corrected chi connectivity index (χ0v) is 18.4. The quantitative estimate of drug-likeness (QED) is 0.294. The SMILES string of the molecule is Nc1cc(C(F)(F)F)ccc1NC(=O)c1ccc(NC(=O)CCCc2ccc(C(F)(F)F)nc2)cn1. The van der Waals surface area contributed by atoms with Gasteiger partial charge in [0.05, 0.1) is 28.8 Å². The number of aryl methyl sites for hydroxylation is 1. The minimum absolute atomic E-state index is 0.0181. The van der Waals surface area contributed by atoms with Crippen LogP contribution in [0.15, 0.2) is 54.9 Å². The van der Waals surface area contributed by atoms with Gasteiger partial charge in [0.1, 0.15) is 11.4 Å². The first kappa shape index (κ1) is 26.4. The molecule has 0 bridgehead atoms. The number of aromatic nitrogens is 2. The largest absolute Gasteiger partial charge is 0.433 e. The predicted octanol–water partition coefficient (Wildman–Crippen LogP) is 5.31. The molecule has 190 valence electrons. The van der Waals surface area contributed by atoms with Gasteiger partial charge in [0, 0.05) is 12.6 Å². The second-order valence-corrected chi connectivity index (χ2v) is 7.64. The second-order valence-electron chi connectivity index (χ2n) is 7.64. The van der Waals surface area contributed by atoms with Crippen molar-refractivity contribution in [1.29, 1.82) is 0 Å². The Balaban J connectivity index is 1.49. The van der Waals surface area contributed by atoms with Gasteiger partial charge in [-0.15, -0.1) is 0 Å². The van der Waals surface area contributed by atoms with Crippen LogP contribution in [0.3, 0.4) is 0 Å². The summed E-state index contributed by atoms with van der Waals surface area (Å²) >= 11 is 0. The molecule has 4 N–H and O–H groups in total. The van der Waals surface area contributed by atoms with Crippen LogP contribution < -0.4 is 16.4 Å². The highest BCUT2D eigenvalue weighted by molar-refractivity contribution is 6.04. The molecule has 2 aromatic heterocycles. The van der Waals surface area contributed by atoms with E-state index >= 15 is 0 Å². The van der Waals surface area contributed by atoms with E-state index in [0.29, 0.717) is 30.2 Å². The molecule has 2 heterocycles. The van der Waals surface area contributed by atoms with E-state index in [1.54, 1.807) is 0 Å². The molecular weight excluding hydrogens is 492 g/mol. The van der Waals surface area contributed by atoms with Crippen molar-refractivity contribution in [2.24, 2.45) is 0 Å². The number of hydrogen-bond acceptors (Lipinski definition) is 5. The average Bonchev–Trinajstić information content (AvgIpc) is 2.80. The van der Waals surface area contributed by atoms with E-state index < -0.39 is 29.5 Å². The Morgan fingerprint density at radius 1 is 0.861 bits per heavy atom. The number of nitrogens with zero attached hydrogens (tertiary/aromatic N) is 2. The number of carbonyl (C=O) groups excluding carboxylic acids is 2. The lowest BCUT2D eigenvalue weighted by Crippen LogP contribution is -2.16. The number of benzene rings is 1. The van der Waals surface area contributed by atoms with Crippen LogP contribution in [0.25, 0.3) is 0 Å². The number of halogens is 6. The first-order valence-electron chi connectivity index (χ1n) is 10.4. The van der Waals surface area contributed by atoms with Gasteiger partial charge in [-0.25, -0.2) is 4.98 Å². The molecule has 0 saturated carbocycles. The number of hydrogen-bond donors (Lipinski definition) is 3. The van der Waals surface area contributed by atoms with Crippen LogP contribution in [0.5, 0.6) is 0 Å². The molecule has 36 heavy (non-hydrogen) atoms. The molecule has 2 amide bonds. The maximum absolute atomic E-state index is 12.7. The van der Waals surface area contributed by atoms with Crippen LogP contribution in [0.1, 0.15) is 40.2 Å². The van der Waals surface area contributed by atoms with Gasteiger partial charge < -0.3 is 16.4 Å². The fourth-order valence-corrected chi connectivity index (χ4v) is 3.06. The van der Waals surface area contributed by atoms with E-state index in [4.69, 9.17) is 5.73 Å². The van der Waals surface area contributed by atoms with Crippen LogP contribution in [-0.4, -0.2) is 21.8 Å². The van der Waals surface area contributed by atoms with Crippen LogP contribution in [0.2, 0.25) is 0 Å². The number of alkyl halides is 6. The van der Waals surface area contributed by atoms with Gasteiger partial charge in [-0.05, 0) is 54.8 Å². The third kappa shape index (κ3) is 7.17. The van der Waals surface area contributed by atoms with Gasteiger partial charge in [0.15, 0.2) is 0 Å². The summed E-state index contributed by atoms with van der Waals surface area (Å²) in [4.78, 5) is 31.7. The zero-order chi connectivity index (χ0) is 26.5. The Kier molecular flexibility index (Phi) is 7.80. The lowest BCUT2D eigenvalue weighted by atomic mass is 10.1. The molecule has 3 aromatic rings. The summed E-state index contributed by atoms with van der Waals surface area (Å²) in [6.07, 6.45) is -5.95. The van der Waals surface area contributed by atoms with Crippen molar-refractivity contribution in [2.45, 2.75) is 31.6 Å². The lowest BCUT2D eigenvalue weighted by Gasteiger charge is -2.12. The summed E-state index contributed by atoms with van der Waals surface area (Å²) < 4.78 is 75.8. The second kappa shape index (κ2) is 10.6. The Labute approximate surface area is 200 Å². The Morgan fingerprint density at radius 3 is 2.17 bits per heavy atom. The monoisotopic (exact) mass is 511 g/mol. The fourth-order valence-electron chi connectivity index (χ4n) is 3.06. The third-order valence-electron chi connectivity index (χ3n) is 4.89. The van der Waals surface area contributed by atoms with Crippen molar-refractivity contribution < 1.29 is 35.9 Å². The number of nitrogens with one attached hydrogen (secondary N) is 2. The van der Waals surface area contributed by atoms with Gasteiger partial charge in [0.25, 0.3) is 5.91 Å². The minimum Gasteiger partial charge on any atom is -0.397 e. The molecule has 1 aromatic carbocycles. The Hall–Kier alpha value is -4.16. The first-order chi connectivity index (χ1) is 16.8. The number of nitrogen functional groups attached to an aromatic ring is 1. The van der Waals surface area contributed by atoms with Gasteiger partial charge >= 0.3 is 12.4 Å². The average molecular weight is 511 g/mol. The molecule has 7 nitrogen and oxygen atoms in total. The molecule has 0 aliphatic rings. The van der Waals surface area contributed by atoms with E-state index in [9.17, 15) is 35.9 Å². The molecule has 0 spiro atoms. The Morgan fingerprint density at radius 2 is 1.61 bits per heavy atom. The maximum atomic E-state index is 12.7. The lowest BCUT2D eigenvalue weighted by molar-refractivity contribution is -0.141. The van der Waals surface area contributed by atoms with Gasteiger partial charge in [-0.2, -0.15) is 26.3 Å². The molecule has 0 fully saturated rings. The van der Waals surface area contributed by atoms with Gasteiger partial charge in [-0.1, -0.05) is 6.07 Å². The molecule has 3 rings (SSSR count). The summed E-state index contributed by atoms with van der Waals surface area (Å²) in [6.45, 7) is 0. The zero-order valence-electron chi connectivity index (χ0n) is 18.4. The summed E-state index contributed by atoms with van der Waals surface area (Å²) in [5.41, 5.74) is 4.15. The number of nitrogens with two attached hydrogens (primary N) is 1. The van der Waals surface area contributed by atoms with E-state index in [1.807, 2.05) is 0 Å². The highest BCUT2D eigenvalue weighted by atomic mass is 19.4. The van der Waals surface area contributed by atoms with Crippen LogP contribution in [-0.2, 0) is 23.6 Å². The maximum Gasteiger partial charge on any atom is 0.433 e. The molecule has 13 heteroatoms. The van der Waals surface area contributed by atoms with Crippen LogP contribution >= 0.6 is 0 Å². The topological polar surface area (TPSA) is 110 Å². The number of rotatable bonds is 7. The highest BCUT2D eigenvalue weighted by Gasteiger charge is 2.32. The predicted molar refractivity (Wildman–Crippen MR) is 119 cm³/mol. The van der Waals surface area contributed by atoms with Crippen molar-refractivity contribution in [3.05, 3.63) is 77.4 Å². The minimum atomic E-state index is -4.57. The third-order valence-corrected chi connectivity index (χ3v) is 4.89. The molecule has 0 unspecified atom stereocenters. The van der Waals surface area contributed by atoms with E-state index in [-0.39, 0.29) is 29.4 Å². The van der Waals surface area contributed by atoms with Crippen molar-refractivity contribution in [3.63, 3.8) is 0 Å². The molecule has 0 atom stereocenters. The van der Waals surface area contributed by atoms with Gasteiger partial charge in [-0.3, -0.25) is 14.6 Å². The van der Waals surface area contributed by atoms with Crippen molar-refractivity contribution >= 4 is 28.9 Å². The molecular formula is C23H19F6N5O2. The van der Waals surface area contributed by atoms with Crippen LogP contribution in [0, 0.1) is 0 Å². The fraction of sp³-hybridized carbons (Fsp3) is 0.217. The normalized spacial score (nSPS) is 11.7. The smallest absolute Gasteiger partial charge is 0.397 e. The molecule has 0 aliphatic carbocycles. The first-order valence-corrected chi connectivity index (χ1v) is 10.4.